The minimum atomic E-state index is -0.138. The van der Waals surface area contributed by atoms with E-state index in [2.05, 4.69) is 57.9 Å². The van der Waals surface area contributed by atoms with Crippen molar-refractivity contribution in [2.24, 2.45) is 11.8 Å². The average molecular weight is 435 g/mol. The lowest BCUT2D eigenvalue weighted by Crippen LogP contribution is -2.33. The normalized spacial score (nSPS) is 14.9. The molecule has 1 aromatic rings. The van der Waals surface area contributed by atoms with Crippen LogP contribution < -0.4 is 10.1 Å². The van der Waals surface area contributed by atoms with Crippen molar-refractivity contribution in [2.45, 2.75) is 106 Å². The number of imide groups is 1. The Labute approximate surface area is 190 Å². The lowest BCUT2D eigenvalue weighted by Gasteiger charge is -2.23. The van der Waals surface area contributed by atoms with Gasteiger partial charge in [-0.1, -0.05) is 72.8 Å². The fourth-order valence-corrected chi connectivity index (χ4v) is 2.96. The standard InChI is InChI=1S/C17H29NO.C5H7NO2.C4H10/c1-6-8-9-16(13(3)7-2)12-19-17-14(4)10-11-15(5)18-17;7-4-2-1-3-5(8)6-4;1-3-4-2/h10-11,13,16H,6-9,12H2,1-5H3;1-3H2,(H,6,7,8);3-4H2,1-2H3. The van der Waals surface area contributed by atoms with Gasteiger partial charge in [0.25, 0.3) is 0 Å². The average Bonchev–Trinajstić information content (AvgIpc) is 2.76. The van der Waals surface area contributed by atoms with Crippen LogP contribution in [0.5, 0.6) is 5.88 Å². The van der Waals surface area contributed by atoms with E-state index in [0.717, 1.165) is 29.7 Å². The Hall–Kier alpha value is -1.91. The van der Waals surface area contributed by atoms with E-state index < -0.39 is 0 Å². The fraction of sp³-hybridized carbons (Fsp3) is 0.731. The quantitative estimate of drug-likeness (QED) is 0.447. The van der Waals surface area contributed by atoms with Gasteiger partial charge in [0.15, 0.2) is 0 Å². The van der Waals surface area contributed by atoms with Gasteiger partial charge in [-0.2, -0.15) is 0 Å². The van der Waals surface area contributed by atoms with Gasteiger partial charge in [-0.25, -0.2) is 4.98 Å². The van der Waals surface area contributed by atoms with Crippen LogP contribution in [0.3, 0.4) is 0 Å². The molecule has 0 saturated carbocycles. The van der Waals surface area contributed by atoms with Crippen molar-refractivity contribution in [1.82, 2.24) is 10.3 Å². The number of amides is 2. The molecule has 1 fully saturated rings. The van der Waals surface area contributed by atoms with Crippen LogP contribution >= 0.6 is 0 Å². The van der Waals surface area contributed by atoms with Gasteiger partial charge in [-0.3, -0.25) is 14.9 Å². The van der Waals surface area contributed by atoms with Crippen LogP contribution in [0.25, 0.3) is 0 Å². The molecule has 0 spiro atoms. The third kappa shape index (κ3) is 13.9. The maximum absolute atomic E-state index is 10.3. The Morgan fingerprint density at radius 1 is 1.00 bits per heavy atom. The molecule has 0 aromatic carbocycles. The van der Waals surface area contributed by atoms with Crippen molar-refractivity contribution in [1.29, 1.82) is 0 Å². The van der Waals surface area contributed by atoms with Crippen molar-refractivity contribution in [3.8, 4) is 5.88 Å². The van der Waals surface area contributed by atoms with Crippen LogP contribution in [0, 0.1) is 25.7 Å². The number of hydrogen-bond donors (Lipinski definition) is 1. The molecule has 0 aliphatic carbocycles. The molecule has 0 bridgehead atoms. The summed E-state index contributed by atoms with van der Waals surface area (Å²) >= 11 is 0. The summed E-state index contributed by atoms with van der Waals surface area (Å²) in [4.78, 5) is 25.2. The molecule has 2 unspecified atom stereocenters. The third-order valence-electron chi connectivity index (χ3n) is 5.59. The van der Waals surface area contributed by atoms with E-state index in [0.29, 0.717) is 25.2 Å². The van der Waals surface area contributed by atoms with Crippen molar-refractivity contribution in [3.05, 3.63) is 23.4 Å². The molecule has 2 rings (SSSR count). The fourth-order valence-electron chi connectivity index (χ4n) is 2.96. The molecule has 1 aromatic heterocycles. The number of unbranched alkanes of at least 4 members (excludes halogenated alkanes) is 2. The summed E-state index contributed by atoms with van der Waals surface area (Å²) in [7, 11) is 0. The Morgan fingerprint density at radius 2 is 1.61 bits per heavy atom. The molecular weight excluding hydrogens is 388 g/mol. The van der Waals surface area contributed by atoms with E-state index in [1.807, 2.05) is 13.0 Å². The number of rotatable bonds is 9. The summed E-state index contributed by atoms with van der Waals surface area (Å²) in [5.74, 6) is 1.90. The van der Waals surface area contributed by atoms with Crippen LogP contribution in [0.4, 0.5) is 0 Å². The third-order valence-corrected chi connectivity index (χ3v) is 5.59. The van der Waals surface area contributed by atoms with Crippen LogP contribution in [0.15, 0.2) is 12.1 Å². The molecule has 1 aliphatic rings. The number of hydrogen-bond acceptors (Lipinski definition) is 4. The molecule has 0 radical (unpaired) electrons. The number of carbonyl (C=O) groups is 2. The maximum atomic E-state index is 10.3. The molecule has 31 heavy (non-hydrogen) atoms. The van der Waals surface area contributed by atoms with E-state index >= 15 is 0 Å². The Kier molecular flexibility index (Phi) is 16.6. The summed E-state index contributed by atoms with van der Waals surface area (Å²) in [6.07, 6.45) is 9.39. The van der Waals surface area contributed by atoms with Gasteiger partial charge in [-0.15, -0.1) is 0 Å². The minimum absolute atomic E-state index is 0.138. The van der Waals surface area contributed by atoms with Gasteiger partial charge in [0.05, 0.1) is 6.61 Å². The molecule has 2 amide bonds. The van der Waals surface area contributed by atoms with Gasteiger partial charge < -0.3 is 4.74 Å². The molecule has 1 N–H and O–H groups in total. The molecular formula is C26H46N2O3. The lowest BCUT2D eigenvalue weighted by molar-refractivity contribution is -0.132. The zero-order valence-electron chi connectivity index (χ0n) is 21.1. The monoisotopic (exact) mass is 434 g/mol. The zero-order valence-corrected chi connectivity index (χ0v) is 21.1. The van der Waals surface area contributed by atoms with Crippen molar-refractivity contribution >= 4 is 11.8 Å². The maximum Gasteiger partial charge on any atom is 0.226 e. The van der Waals surface area contributed by atoms with Crippen LogP contribution in [-0.2, 0) is 9.59 Å². The summed E-state index contributed by atoms with van der Waals surface area (Å²) in [5.41, 5.74) is 2.15. The smallest absolute Gasteiger partial charge is 0.226 e. The number of ether oxygens (including phenoxy) is 1. The Balaban J connectivity index is 0.000000613. The summed E-state index contributed by atoms with van der Waals surface area (Å²) < 4.78 is 5.99. The first kappa shape index (κ1) is 29.1. The largest absolute Gasteiger partial charge is 0.477 e. The molecule has 2 heterocycles. The number of pyridine rings is 1. The van der Waals surface area contributed by atoms with Crippen molar-refractivity contribution in [2.75, 3.05) is 6.61 Å². The number of piperidine rings is 1. The molecule has 1 aliphatic heterocycles. The number of nitrogens with one attached hydrogen (secondary N) is 1. The van der Waals surface area contributed by atoms with Gasteiger partial charge >= 0.3 is 0 Å². The molecule has 1 saturated heterocycles. The SMILES string of the molecule is CCCC.CCCCC(COc1nc(C)ccc1C)C(C)CC.O=C1CCCC(=O)N1. The predicted molar refractivity (Wildman–Crippen MR) is 129 cm³/mol. The Bertz CT molecular complexity index is 615. The second-order valence-corrected chi connectivity index (χ2v) is 8.50. The Morgan fingerprint density at radius 3 is 2.06 bits per heavy atom. The summed E-state index contributed by atoms with van der Waals surface area (Å²) in [5, 5.41) is 2.20. The van der Waals surface area contributed by atoms with Gasteiger partial charge in [0, 0.05) is 24.1 Å². The summed E-state index contributed by atoms with van der Waals surface area (Å²) in [6.45, 7) is 16.1. The number of carbonyl (C=O) groups excluding carboxylic acids is 2. The van der Waals surface area contributed by atoms with Crippen LogP contribution in [0.1, 0.15) is 104 Å². The van der Waals surface area contributed by atoms with Crippen LogP contribution in [0.2, 0.25) is 0 Å². The van der Waals surface area contributed by atoms with Crippen molar-refractivity contribution in [3.63, 3.8) is 0 Å². The van der Waals surface area contributed by atoms with Gasteiger partial charge in [0.1, 0.15) is 0 Å². The highest BCUT2D eigenvalue weighted by Crippen LogP contribution is 2.23. The van der Waals surface area contributed by atoms with Crippen molar-refractivity contribution < 1.29 is 14.3 Å². The van der Waals surface area contributed by atoms with E-state index in [1.165, 1.54) is 38.5 Å². The second kappa shape index (κ2) is 17.7. The first-order valence-corrected chi connectivity index (χ1v) is 12.2. The molecule has 2 atom stereocenters. The highest BCUT2D eigenvalue weighted by Gasteiger charge is 2.17. The lowest BCUT2D eigenvalue weighted by atomic mass is 9.88. The molecule has 178 valence electrons. The van der Waals surface area contributed by atoms with Gasteiger partial charge in [-0.05, 0) is 44.6 Å². The first-order valence-electron chi connectivity index (χ1n) is 12.2. The highest BCUT2D eigenvalue weighted by molar-refractivity contribution is 5.97. The second-order valence-electron chi connectivity index (χ2n) is 8.50. The zero-order chi connectivity index (χ0) is 23.6. The predicted octanol–water partition coefficient (Wildman–Crippen LogP) is 6.55. The highest BCUT2D eigenvalue weighted by atomic mass is 16.5. The summed E-state index contributed by atoms with van der Waals surface area (Å²) in [6, 6.07) is 4.12. The van der Waals surface area contributed by atoms with Gasteiger partial charge in [0.2, 0.25) is 17.7 Å². The minimum Gasteiger partial charge on any atom is -0.477 e. The molecule has 5 nitrogen and oxygen atoms in total. The topological polar surface area (TPSA) is 68.3 Å². The molecule has 5 heteroatoms. The first-order chi connectivity index (χ1) is 14.8. The van der Waals surface area contributed by atoms with E-state index in [-0.39, 0.29) is 11.8 Å². The number of aryl methyl sites for hydroxylation is 2. The number of aromatic nitrogens is 1. The number of nitrogens with zero attached hydrogens (tertiary/aromatic N) is 1. The van der Waals surface area contributed by atoms with E-state index in [9.17, 15) is 9.59 Å². The van der Waals surface area contributed by atoms with E-state index in [1.54, 1.807) is 0 Å². The van der Waals surface area contributed by atoms with Crippen LogP contribution in [-0.4, -0.2) is 23.4 Å². The van der Waals surface area contributed by atoms with E-state index in [4.69, 9.17) is 4.74 Å².